The number of rotatable bonds is 8. The zero-order valence-corrected chi connectivity index (χ0v) is 11.4. The molecule has 8 heteroatoms. The Morgan fingerprint density at radius 1 is 0.800 bits per heavy atom. The lowest BCUT2D eigenvalue weighted by atomic mass is 10.4. The van der Waals surface area contributed by atoms with Gasteiger partial charge >= 0.3 is 11.9 Å². The molecule has 2 amide bonds. The van der Waals surface area contributed by atoms with E-state index in [0.717, 1.165) is 12.2 Å². The Bertz CT molecular complexity index is 355. The lowest BCUT2D eigenvalue weighted by Crippen LogP contribution is -2.28. The largest absolute Gasteiger partial charge is 0.464 e. The molecule has 0 aromatic heterocycles. The van der Waals surface area contributed by atoms with Gasteiger partial charge in [0, 0.05) is 26.0 Å². The molecular weight excluding hydrogens is 268 g/mol. The lowest BCUT2D eigenvalue weighted by Gasteiger charge is -2.03. The number of hydrogen-bond donors (Lipinski definition) is 2. The fourth-order valence-corrected chi connectivity index (χ4v) is 1.01. The Morgan fingerprint density at radius 3 is 1.45 bits per heavy atom. The Hall–Kier alpha value is -2.38. The minimum Gasteiger partial charge on any atom is -0.464 e. The zero-order valence-electron chi connectivity index (χ0n) is 11.4. The predicted octanol–water partition coefficient (Wildman–Crippen LogP) is -1.10. The molecule has 0 rings (SSSR count). The van der Waals surface area contributed by atoms with Crippen LogP contribution in [0.1, 0.15) is 13.8 Å². The first-order chi connectivity index (χ1) is 9.41. The highest BCUT2D eigenvalue weighted by molar-refractivity contribution is 5.96. The quantitative estimate of drug-likeness (QED) is 0.333. The second-order valence-corrected chi connectivity index (χ2v) is 3.60. The van der Waals surface area contributed by atoms with Crippen molar-refractivity contribution < 1.29 is 28.7 Å². The van der Waals surface area contributed by atoms with E-state index >= 15 is 0 Å². The second kappa shape index (κ2) is 10.5. The van der Waals surface area contributed by atoms with E-state index < -0.39 is 23.8 Å². The summed E-state index contributed by atoms with van der Waals surface area (Å²) in [5, 5.41) is 4.85. The summed E-state index contributed by atoms with van der Waals surface area (Å²) in [6.07, 6.45) is 2.10. The van der Waals surface area contributed by atoms with Crippen LogP contribution in [0, 0.1) is 0 Å². The molecule has 0 aromatic rings. The van der Waals surface area contributed by atoms with Crippen LogP contribution in [-0.4, -0.2) is 50.1 Å². The average Bonchev–Trinajstić information content (AvgIpc) is 2.37. The van der Waals surface area contributed by atoms with E-state index in [0.29, 0.717) is 0 Å². The summed E-state index contributed by atoms with van der Waals surface area (Å²) in [6.45, 7) is 3.00. The van der Waals surface area contributed by atoms with E-state index in [-0.39, 0.29) is 26.3 Å². The van der Waals surface area contributed by atoms with Crippen molar-refractivity contribution in [3.63, 3.8) is 0 Å². The molecule has 0 heterocycles. The number of ether oxygens (including phenoxy) is 2. The number of hydrogen-bond acceptors (Lipinski definition) is 6. The molecule has 0 spiro atoms. The Morgan fingerprint density at radius 2 is 1.15 bits per heavy atom. The first kappa shape index (κ1) is 17.6. The maximum Gasteiger partial charge on any atom is 0.302 e. The van der Waals surface area contributed by atoms with Gasteiger partial charge in [-0.2, -0.15) is 0 Å². The predicted molar refractivity (Wildman–Crippen MR) is 68.4 cm³/mol. The molecule has 8 nitrogen and oxygen atoms in total. The molecule has 0 aromatic carbocycles. The van der Waals surface area contributed by atoms with Gasteiger partial charge < -0.3 is 20.1 Å². The van der Waals surface area contributed by atoms with Crippen molar-refractivity contribution in [3.8, 4) is 0 Å². The summed E-state index contributed by atoms with van der Waals surface area (Å²) in [6, 6.07) is 0. The van der Waals surface area contributed by atoms with Gasteiger partial charge in [0.1, 0.15) is 13.2 Å². The molecule has 2 N–H and O–H groups in total. The van der Waals surface area contributed by atoms with Gasteiger partial charge in [0.2, 0.25) is 11.8 Å². The molecule has 0 saturated carbocycles. The molecule has 0 aliphatic heterocycles. The van der Waals surface area contributed by atoms with Crippen LogP contribution in [0.4, 0.5) is 0 Å². The van der Waals surface area contributed by atoms with Crippen molar-refractivity contribution in [1.82, 2.24) is 10.6 Å². The van der Waals surface area contributed by atoms with Gasteiger partial charge in [0.15, 0.2) is 0 Å². The second-order valence-electron chi connectivity index (χ2n) is 3.60. The third-order valence-electron chi connectivity index (χ3n) is 1.80. The van der Waals surface area contributed by atoms with Crippen molar-refractivity contribution in [2.24, 2.45) is 0 Å². The van der Waals surface area contributed by atoms with Crippen LogP contribution in [0.25, 0.3) is 0 Å². The third-order valence-corrected chi connectivity index (χ3v) is 1.80. The number of amides is 2. The number of carbonyl (C=O) groups excluding carboxylic acids is 4. The zero-order chi connectivity index (χ0) is 15.4. The average molecular weight is 286 g/mol. The molecule has 112 valence electrons. The van der Waals surface area contributed by atoms with Crippen LogP contribution < -0.4 is 10.6 Å². The fourth-order valence-electron chi connectivity index (χ4n) is 1.01. The van der Waals surface area contributed by atoms with Gasteiger partial charge in [-0.05, 0) is 0 Å². The minimum atomic E-state index is -0.479. The van der Waals surface area contributed by atoms with E-state index in [2.05, 4.69) is 20.1 Å². The summed E-state index contributed by atoms with van der Waals surface area (Å²) in [5.41, 5.74) is 0. The molecule has 20 heavy (non-hydrogen) atoms. The van der Waals surface area contributed by atoms with Crippen LogP contribution >= 0.6 is 0 Å². The van der Waals surface area contributed by atoms with Crippen LogP contribution in [0.5, 0.6) is 0 Å². The highest BCUT2D eigenvalue weighted by atomic mass is 16.5. The summed E-state index contributed by atoms with van der Waals surface area (Å²) >= 11 is 0. The maximum absolute atomic E-state index is 11.2. The van der Waals surface area contributed by atoms with Gasteiger partial charge in [-0.3, -0.25) is 19.2 Å². The van der Waals surface area contributed by atoms with Crippen molar-refractivity contribution in [2.75, 3.05) is 26.3 Å². The standard InChI is InChI=1S/C12H18N2O6/c1-9(15)19-7-5-13-11(17)3-4-12(18)14-6-8-20-10(2)16/h3-4H,5-8H2,1-2H3,(H,13,17)(H,14,18)/b4-3+. The highest BCUT2D eigenvalue weighted by Crippen LogP contribution is 1.79. The molecule has 0 bridgehead atoms. The van der Waals surface area contributed by atoms with Crippen LogP contribution in [0.2, 0.25) is 0 Å². The number of nitrogens with one attached hydrogen (secondary N) is 2. The summed E-state index contributed by atoms with van der Waals surface area (Å²) < 4.78 is 9.21. The molecule has 0 aliphatic carbocycles. The van der Waals surface area contributed by atoms with Gasteiger partial charge in [-0.1, -0.05) is 0 Å². The van der Waals surface area contributed by atoms with Crippen LogP contribution in [0.3, 0.4) is 0 Å². The molecule has 0 saturated heterocycles. The highest BCUT2D eigenvalue weighted by Gasteiger charge is 1.99. The smallest absolute Gasteiger partial charge is 0.302 e. The third kappa shape index (κ3) is 12.1. The van der Waals surface area contributed by atoms with Crippen molar-refractivity contribution in [2.45, 2.75) is 13.8 Å². The lowest BCUT2D eigenvalue weighted by molar-refractivity contribution is -0.141. The normalized spacial score (nSPS) is 9.90. The van der Waals surface area contributed by atoms with E-state index in [1.165, 1.54) is 13.8 Å². The van der Waals surface area contributed by atoms with Crippen molar-refractivity contribution in [3.05, 3.63) is 12.2 Å². The molecule has 0 aliphatic rings. The van der Waals surface area contributed by atoms with E-state index in [1.54, 1.807) is 0 Å². The van der Waals surface area contributed by atoms with E-state index in [9.17, 15) is 19.2 Å². The summed E-state index contributed by atoms with van der Waals surface area (Å²) in [7, 11) is 0. The fraction of sp³-hybridized carbons (Fsp3) is 0.500. The molecule has 0 fully saturated rings. The Labute approximate surface area is 116 Å². The van der Waals surface area contributed by atoms with Crippen molar-refractivity contribution >= 4 is 23.8 Å². The molecular formula is C12H18N2O6. The Kier molecular flexibility index (Phi) is 9.28. The summed E-state index contributed by atoms with van der Waals surface area (Å²) in [4.78, 5) is 43.3. The monoisotopic (exact) mass is 286 g/mol. The maximum atomic E-state index is 11.2. The molecule has 0 atom stereocenters. The van der Waals surface area contributed by atoms with Gasteiger partial charge in [-0.15, -0.1) is 0 Å². The van der Waals surface area contributed by atoms with Gasteiger partial charge in [0.05, 0.1) is 13.1 Å². The van der Waals surface area contributed by atoms with E-state index in [4.69, 9.17) is 0 Å². The first-order valence-electron chi connectivity index (χ1n) is 5.92. The van der Waals surface area contributed by atoms with Crippen molar-refractivity contribution in [1.29, 1.82) is 0 Å². The first-order valence-corrected chi connectivity index (χ1v) is 5.92. The van der Waals surface area contributed by atoms with Gasteiger partial charge in [-0.25, -0.2) is 0 Å². The topological polar surface area (TPSA) is 111 Å². The Balaban J connectivity index is 3.69. The van der Waals surface area contributed by atoms with Crippen LogP contribution in [-0.2, 0) is 28.7 Å². The SMILES string of the molecule is CC(=O)OCCNC(=O)/C=C/C(=O)NCCOC(C)=O. The molecule has 0 unspecified atom stereocenters. The van der Waals surface area contributed by atoms with E-state index in [1.807, 2.05) is 0 Å². The number of carbonyl (C=O) groups is 4. The summed E-state index contributed by atoms with van der Waals surface area (Å²) in [5.74, 6) is -1.82. The number of esters is 2. The van der Waals surface area contributed by atoms with Crippen LogP contribution in [0.15, 0.2) is 12.2 Å². The van der Waals surface area contributed by atoms with Gasteiger partial charge in [0.25, 0.3) is 0 Å². The molecule has 0 radical (unpaired) electrons. The minimum absolute atomic E-state index is 0.0729.